The van der Waals surface area contributed by atoms with Gasteiger partial charge in [-0.2, -0.15) is 13.2 Å². The number of ketones is 1. The van der Waals surface area contributed by atoms with Gasteiger partial charge in [0.1, 0.15) is 0 Å². The third-order valence-corrected chi connectivity index (χ3v) is 2.39. The zero-order chi connectivity index (χ0) is 11.2. The Balaban J connectivity index is 2.49. The molecule has 0 radical (unpaired) electrons. The molecule has 0 saturated heterocycles. The Morgan fingerprint density at radius 1 is 1.27 bits per heavy atom. The Kier molecular flexibility index (Phi) is 2.06. The van der Waals surface area contributed by atoms with Crippen LogP contribution in [0.1, 0.15) is 21.5 Å². The largest absolute Gasteiger partial charge is 0.416 e. The van der Waals surface area contributed by atoms with Gasteiger partial charge >= 0.3 is 6.18 Å². The molecule has 0 bridgehead atoms. The molecule has 0 N–H and O–H groups in total. The predicted molar refractivity (Wildman–Crippen MR) is 44.4 cm³/mol. The van der Waals surface area contributed by atoms with Crippen LogP contribution >= 0.6 is 0 Å². The Hall–Kier alpha value is -1.39. The third kappa shape index (κ3) is 1.62. The standard InChI is InChI=1S/C10H6F4O/c11-8-3-5-1-2-6(10(12,13)14)4-7(5)9(8)15/h1-2,4,8H,3H2. The Morgan fingerprint density at radius 2 is 1.93 bits per heavy atom. The smallest absolute Gasteiger partial charge is 0.291 e. The monoisotopic (exact) mass is 218 g/mol. The van der Waals surface area contributed by atoms with Crippen LogP contribution in [0.5, 0.6) is 0 Å². The minimum absolute atomic E-state index is 0.119. The van der Waals surface area contributed by atoms with Crippen molar-refractivity contribution in [1.29, 1.82) is 0 Å². The number of halogens is 4. The molecule has 1 unspecified atom stereocenters. The topological polar surface area (TPSA) is 17.1 Å². The molecule has 0 amide bonds. The fourth-order valence-electron chi connectivity index (χ4n) is 1.61. The van der Waals surface area contributed by atoms with E-state index in [1.165, 1.54) is 0 Å². The summed E-state index contributed by atoms with van der Waals surface area (Å²) in [6, 6.07) is 2.75. The van der Waals surface area contributed by atoms with Gasteiger partial charge in [0, 0.05) is 12.0 Å². The van der Waals surface area contributed by atoms with E-state index in [-0.39, 0.29) is 12.0 Å². The number of carbonyl (C=O) groups excluding carboxylic acids is 1. The molecule has 1 atom stereocenters. The highest BCUT2D eigenvalue weighted by Gasteiger charge is 2.35. The van der Waals surface area contributed by atoms with Crippen molar-refractivity contribution in [3.8, 4) is 0 Å². The highest BCUT2D eigenvalue weighted by Crippen LogP contribution is 2.33. The molecule has 1 aromatic rings. The molecule has 0 heterocycles. The van der Waals surface area contributed by atoms with Gasteiger partial charge in [0.25, 0.3) is 0 Å². The fourth-order valence-corrected chi connectivity index (χ4v) is 1.61. The third-order valence-electron chi connectivity index (χ3n) is 2.39. The molecule has 5 heteroatoms. The summed E-state index contributed by atoms with van der Waals surface area (Å²) in [5, 5.41) is 0. The number of alkyl halides is 4. The maximum atomic E-state index is 12.9. The van der Waals surface area contributed by atoms with Crippen LogP contribution in [0.2, 0.25) is 0 Å². The molecule has 1 aliphatic carbocycles. The second-order valence-electron chi connectivity index (χ2n) is 3.41. The number of fused-ring (bicyclic) bond motifs is 1. The summed E-state index contributed by atoms with van der Waals surface area (Å²) in [6.07, 6.45) is -6.31. The molecule has 1 aromatic carbocycles. The highest BCUT2D eigenvalue weighted by atomic mass is 19.4. The summed E-state index contributed by atoms with van der Waals surface area (Å²) in [5.74, 6) is -0.851. The quantitative estimate of drug-likeness (QED) is 0.612. The van der Waals surface area contributed by atoms with E-state index in [1.807, 2.05) is 0 Å². The van der Waals surface area contributed by atoms with E-state index in [9.17, 15) is 22.4 Å². The molecule has 15 heavy (non-hydrogen) atoms. The summed E-state index contributed by atoms with van der Waals surface area (Å²) >= 11 is 0. The summed E-state index contributed by atoms with van der Waals surface area (Å²) in [4.78, 5) is 11.1. The molecule has 1 nitrogen and oxygen atoms in total. The van der Waals surface area contributed by atoms with Crippen LogP contribution in [0, 0.1) is 0 Å². The lowest BCUT2D eigenvalue weighted by molar-refractivity contribution is -0.137. The zero-order valence-electron chi connectivity index (χ0n) is 7.44. The van der Waals surface area contributed by atoms with Gasteiger partial charge in [-0.15, -0.1) is 0 Å². The van der Waals surface area contributed by atoms with E-state index in [0.717, 1.165) is 18.2 Å². The first-order valence-electron chi connectivity index (χ1n) is 4.28. The van der Waals surface area contributed by atoms with Crippen molar-refractivity contribution in [2.24, 2.45) is 0 Å². The van der Waals surface area contributed by atoms with Crippen molar-refractivity contribution in [2.75, 3.05) is 0 Å². The van der Waals surface area contributed by atoms with Crippen LogP contribution in [-0.4, -0.2) is 12.0 Å². The number of hydrogen-bond acceptors (Lipinski definition) is 1. The molecule has 80 valence electrons. The van der Waals surface area contributed by atoms with Crippen LogP contribution in [0.15, 0.2) is 18.2 Å². The van der Waals surface area contributed by atoms with Gasteiger partial charge in [0.05, 0.1) is 5.56 Å². The molecular formula is C10H6F4O. The normalized spacial score (nSPS) is 20.5. The highest BCUT2D eigenvalue weighted by molar-refractivity contribution is 6.03. The number of rotatable bonds is 0. The van der Waals surface area contributed by atoms with E-state index >= 15 is 0 Å². The number of hydrogen-bond donors (Lipinski definition) is 0. The minimum Gasteiger partial charge on any atom is -0.291 e. The van der Waals surface area contributed by atoms with Crippen molar-refractivity contribution >= 4 is 5.78 Å². The number of carbonyl (C=O) groups is 1. The van der Waals surface area contributed by atoms with Crippen LogP contribution in [-0.2, 0) is 12.6 Å². The summed E-state index contributed by atoms with van der Waals surface area (Å²) in [6.45, 7) is 0. The molecule has 1 aliphatic rings. The Labute approximate surface area is 82.7 Å². The maximum Gasteiger partial charge on any atom is 0.416 e. The van der Waals surface area contributed by atoms with Crippen molar-refractivity contribution in [3.05, 3.63) is 34.9 Å². The Morgan fingerprint density at radius 3 is 2.53 bits per heavy atom. The van der Waals surface area contributed by atoms with Gasteiger partial charge in [-0.25, -0.2) is 4.39 Å². The van der Waals surface area contributed by atoms with Gasteiger partial charge in [-0.1, -0.05) is 6.07 Å². The first-order valence-corrected chi connectivity index (χ1v) is 4.28. The van der Waals surface area contributed by atoms with E-state index in [4.69, 9.17) is 0 Å². The van der Waals surface area contributed by atoms with Crippen LogP contribution in [0.3, 0.4) is 0 Å². The fraction of sp³-hybridized carbons (Fsp3) is 0.300. The molecule has 0 spiro atoms. The van der Waals surface area contributed by atoms with Crippen LogP contribution in [0.25, 0.3) is 0 Å². The number of Topliss-reactive ketones (excluding diaryl/α,β-unsaturated/α-hetero) is 1. The lowest BCUT2D eigenvalue weighted by atomic mass is 10.1. The van der Waals surface area contributed by atoms with E-state index in [0.29, 0.717) is 5.56 Å². The average molecular weight is 218 g/mol. The van der Waals surface area contributed by atoms with E-state index in [2.05, 4.69) is 0 Å². The lowest BCUT2D eigenvalue weighted by Gasteiger charge is -2.07. The zero-order valence-corrected chi connectivity index (χ0v) is 7.44. The van der Waals surface area contributed by atoms with Crippen molar-refractivity contribution in [3.63, 3.8) is 0 Å². The molecule has 0 saturated carbocycles. The second kappa shape index (κ2) is 3.05. The summed E-state index contributed by atoms with van der Waals surface area (Å²) in [5.41, 5.74) is -0.707. The van der Waals surface area contributed by atoms with Gasteiger partial charge in [0.2, 0.25) is 0 Å². The average Bonchev–Trinajstić information content (AvgIpc) is 2.41. The van der Waals surface area contributed by atoms with Crippen LogP contribution in [0.4, 0.5) is 17.6 Å². The minimum atomic E-state index is -4.50. The van der Waals surface area contributed by atoms with E-state index in [1.54, 1.807) is 0 Å². The van der Waals surface area contributed by atoms with Gasteiger partial charge in [0.15, 0.2) is 12.0 Å². The van der Waals surface area contributed by atoms with Gasteiger partial charge < -0.3 is 0 Å². The summed E-state index contributed by atoms with van der Waals surface area (Å²) in [7, 11) is 0. The van der Waals surface area contributed by atoms with E-state index < -0.39 is 23.7 Å². The summed E-state index contributed by atoms with van der Waals surface area (Å²) < 4.78 is 49.7. The van der Waals surface area contributed by atoms with Crippen molar-refractivity contribution in [1.82, 2.24) is 0 Å². The first kappa shape index (κ1) is 10.1. The second-order valence-corrected chi connectivity index (χ2v) is 3.41. The van der Waals surface area contributed by atoms with Crippen molar-refractivity contribution < 1.29 is 22.4 Å². The maximum absolute atomic E-state index is 12.9. The molecule has 0 aromatic heterocycles. The lowest BCUT2D eigenvalue weighted by Crippen LogP contribution is -2.10. The number of benzene rings is 1. The first-order chi connectivity index (χ1) is 6.89. The van der Waals surface area contributed by atoms with Gasteiger partial charge in [-0.05, 0) is 17.7 Å². The van der Waals surface area contributed by atoms with Crippen molar-refractivity contribution in [2.45, 2.75) is 18.8 Å². The molecule has 2 rings (SSSR count). The Bertz CT molecular complexity index is 422. The van der Waals surface area contributed by atoms with Crippen LogP contribution < -0.4 is 0 Å². The predicted octanol–water partition coefficient (Wildman–Crippen LogP) is 2.78. The molecule has 0 aliphatic heterocycles. The van der Waals surface area contributed by atoms with Gasteiger partial charge in [-0.3, -0.25) is 4.79 Å². The SMILES string of the molecule is O=C1c2cc(C(F)(F)F)ccc2CC1F. The molecule has 0 fully saturated rings. The molecular weight excluding hydrogens is 212 g/mol.